The van der Waals surface area contributed by atoms with Crippen molar-refractivity contribution in [2.45, 2.75) is 18.9 Å². The molecule has 0 spiro atoms. The fourth-order valence-corrected chi connectivity index (χ4v) is 2.29. The Bertz CT molecular complexity index is 740. The van der Waals surface area contributed by atoms with E-state index in [1.807, 2.05) is 18.2 Å². The fraction of sp³-hybridized carbons (Fsp3) is 0.267. The van der Waals surface area contributed by atoms with Crippen molar-refractivity contribution in [3.63, 3.8) is 0 Å². The Hall–Kier alpha value is -2.87. The van der Waals surface area contributed by atoms with E-state index in [9.17, 15) is 9.59 Å². The zero-order valence-electron chi connectivity index (χ0n) is 12.5. The number of para-hydroxylation sites is 1. The number of hydrogen-bond acceptors (Lipinski definition) is 4. The summed E-state index contributed by atoms with van der Waals surface area (Å²) in [6, 6.07) is 7.71. The van der Waals surface area contributed by atoms with Gasteiger partial charge in [-0.3, -0.25) is 19.7 Å². The van der Waals surface area contributed by atoms with Crippen molar-refractivity contribution in [2.75, 3.05) is 6.54 Å². The van der Waals surface area contributed by atoms with Gasteiger partial charge in [0, 0.05) is 18.1 Å². The Balaban J connectivity index is 2.13. The minimum atomic E-state index is -1.10. The van der Waals surface area contributed by atoms with Crippen LogP contribution in [0.1, 0.15) is 12.8 Å². The monoisotopic (exact) mass is 317 g/mol. The number of carbonyl (C=O) groups excluding carboxylic acids is 1. The van der Waals surface area contributed by atoms with Crippen molar-refractivity contribution >= 4 is 28.9 Å². The van der Waals surface area contributed by atoms with Crippen LogP contribution in [0.25, 0.3) is 10.9 Å². The zero-order chi connectivity index (χ0) is 17.0. The van der Waals surface area contributed by atoms with Gasteiger partial charge in [-0.1, -0.05) is 18.2 Å². The van der Waals surface area contributed by atoms with Crippen molar-refractivity contribution in [1.82, 2.24) is 9.47 Å². The molecule has 1 aromatic heterocycles. The first kappa shape index (κ1) is 16.5. The SMILES string of the molecule is N=C(N)N(CCC[C@@H](N)C(=O)O)C(=O)n1ccc2ccccc21. The molecule has 23 heavy (non-hydrogen) atoms. The maximum atomic E-state index is 12.6. The van der Waals surface area contributed by atoms with Crippen LogP contribution in [0.4, 0.5) is 4.79 Å². The van der Waals surface area contributed by atoms with E-state index < -0.39 is 24.0 Å². The van der Waals surface area contributed by atoms with Crippen molar-refractivity contribution in [1.29, 1.82) is 5.41 Å². The molecule has 2 aromatic rings. The van der Waals surface area contributed by atoms with Crippen LogP contribution in [-0.2, 0) is 4.79 Å². The Morgan fingerprint density at radius 2 is 2.00 bits per heavy atom. The number of guanidine groups is 1. The van der Waals surface area contributed by atoms with Crippen molar-refractivity contribution < 1.29 is 14.7 Å². The predicted molar refractivity (Wildman–Crippen MR) is 86.2 cm³/mol. The minimum absolute atomic E-state index is 0.127. The van der Waals surface area contributed by atoms with E-state index in [1.54, 1.807) is 18.3 Å². The Morgan fingerprint density at radius 3 is 2.65 bits per heavy atom. The summed E-state index contributed by atoms with van der Waals surface area (Å²) in [5, 5.41) is 17.2. The second-order valence-corrected chi connectivity index (χ2v) is 5.15. The third-order valence-corrected chi connectivity index (χ3v) is 3.54. The highest BCUT2D eigenvalue weighted by Crippen LogP contribution is 2.16. The largest absolute Gasteiger partial charge is 0.480 e. The standard InChI is InChI=1S/C15H19N5O3/c16-11(13(21)22)5-3-8-20(14(17)18)15(23)19-9-7-10-4-1-2-6-12(10)19/h1-2,4,6-7,9,11H,3,5,8,16H2,(H3,17,18)(H,21,22)/t11-/m1/s1. The second-order valence-electron chi connectivity index (χ2n) is 5.15. The van der Waals surface area contributed by atoms with Crippen LogP contribution < -0.4 is 11.5 Å². The van der Waals surface area contributed by atoms with Gasteiger partial charge in [0.15, 0.2) is 5.96 Å². The van der Waals surface area contributed by atoms with E-state index in [2.05, 4.69) is 0 Å². The van der Waals surface area contributed by atoms with Crippen LogP contribution in [0.3, 0.4) is 0 Å². The van der Waals surface area contributed by atoms with Gasteiger partial charge in [-0.2, -0.15) is 0 Å². The summed E-state index contributed by atoms with van der Waals surface area (Å²) in [5.74, 6) is -1.49. The molecule has 0 saturated heterocycles. The number of carboxylic acids is 1. The lowest BCUT2D eigenvalue weighted by atomic mass is 10.1. The average Bonchev–Trinajstić information content (AvgIpc) is 2.94. The van der Waals surface area contributed by atoms with Gasteiger partial charge in [0.1, 0.15) is 6.04 Å². The summed E-state index contributed by atoms with van der Waals surface area (Å²) in [7, 11) is 0. The summed E-state index contributed by atoms with van der Waals surface area (Å²) in [6.07, 6.45) is 2.14. The quantitative estimate of drug-likeness (QED) is 0.481. The molecule has 8 nitrogen and oxygen atoms in total. The van der Waals surface area contributed by atoms with E-state index in [4.69, 9.17) is 22.0 Å². The first-order chi connectivity index (χ1) is 10.9. The Kier molecular flexibility index (Phi) is 4.97. The van der Waals surface area contributed by atoms with Crippen LogP contribution in [0.2, 0.25) is 0 Å². The molecule has 6 N–H and O–H groups in total. The van der Waals surface area contributed by atoms with Gasteiger partial charge >= 0.3 is 12.0 Å². The number of nitrogens with two attached hydrogens (primary N) is 2. The van der Waals surface area contributed by atoms with Gasteiger partial charge in [-0.05, 0) is 25.0 Å². The maximum absolute atomic E-state index is 12.6. The third-order valence-electron chi connectivity index (χ3n) is 3.54. The molecule has 8 heteroatoms. The van der Waals surface area contributed by atoms with Gasteiger partial charge in [-0.15, -0.1) is 0 Å². The molecule has 1 heterocycles. The number of carboxylic acid groups (broad SMARTS) is 1. The molecule has 0 aliphatic heterocycles. The topological polar surface area (TPSA) is 138 Å². The average molecular weight is 317 g/mol. The number of carbonyl (C=O) groups is 2. The van der Waals surface area contributed by atoms with E-state index >= 15 is 0 Å². The van der Waals surface area contributed by atoms with Gasteiger partial charge in [0.25, 0.3) is 0 Å². The van der Waals surface area contributed by atoms with E-state index in [0.717, 1.165) is 10.3 Å². The Labute approximate surface area is 132 Å². The summed E-state index contributed by atoms with van der Waals surface area (Å²) in [4.78, 5) is 24.4. The van der Waals surface area contributed by atoms with Crippen LogP contribution in [0.15, 0.2) is 36.5 Å². The molecule has 1 atom stereocenters. The molecule has 0 radical (unpaired) electrons. The van der Waals surface area contributed by atoms with Crippen LogP contribution >= 0.6 is 0 Å². The minimum Gasteiger partial charge on any atom is -0.480 e. The zero-order valence-corrected chi connectivity index (χ0v) is 12.5. The highest BCUT2D eigenvalue weighted by molar-refractivity contribution is 5.99. The number of aliphatic carboxylic acids is 1. The lowest BCUT2D eigenvalue weighted by Crippen LogP contribution is -2.44. The molecular weight excluding hydrogens is 298 g/mol. The summed E-state index contributed by atoms with van der Waals surface area (Å²) in [6.45, 7) is 0.127. The number of hydrogen-bond donors (Lipinski definition) is 4. The second kappa shape index (κ2) is 6.93. The molecule has 0 aliphatic rings. The molecule has 1 amide bonds. The van der Waals surface area contributed by atoms with Crippen molar-refractivity contribution in [2.24, 2.45) is 11.5 Å². The number of fused-ring (bicyclic) bond motifs is 1. The third kappa shape index (κ3) is 3.67. The molecule has 0 unspecified atom stereocenters. The molecule has 0 aliphatic carbocycles. The number of benzene rings is 1. The highest BCUT2D eigenvalue weighted by Gasteiger charge is 2.20. The number of aromatic nitrogens is 1. The first-order valence-corrected chi connectivity index (χ1v) is 7.12. The fourth-order valence-electron chi connectivity index (χ4n) is 2.29. The maximum Gasteiger partial charge on any atom is 0.335 e. The van der Waals surface area contributed by atoms with E-state index in [0.29, 0.717) is 11.9 Å². The summed E-state index contributed by atoms with van der Waals surface area (Å²) >= 11 is 0. The summed E-state index contributed by atoms with van der Waals surface area (Å²) in [5.41, 5.74) is 11.6. The normalized spacial score (nSPS) is 12.0. The van der Waals surface area contributed by atoms with Crippen molar-refractivity contribution in [3.05, 3.63) is 36.5 Å². The number of nitrogens with zero attached hydrogens (tertiary/aromatic N) is 2. The van der Waals surface area contributed by atoms with Crippen LogP contribution in [-0.4, -0.2) is 45.1 Å². The predicted octanol–water partition coefficient (Wildman–Crippen LogP) is 0.997. The van der Waals surface area contributed by atoms with Crippen LogP contribution in [0, 0.1) is 5.41 Å². The van der Waals surface area contributed by atoms with Gasteiger partial charge in [-0.25, -0.2) is 4.79 Å². The van der Waals surface area contributed by atoms with Gasteiger partial charge in [0.05, 0.1) is 5.52 Å². The number of nitrogens with one attached hydrogen (secondary N) is 1. The molecule has 0 saturated carbocycles. The molecule has 2 rings (SSSR count). The molecular formula is C15H19N5O3. The van der Waals surface area contributed by atoms with Gasteiger partial charge < -0.3 is 16.6 Å². The molecule has 1 aromatic carbocycles. The molecule has 122 valence electrons. The van der Waals surface area contributed by atoms with E-state index in [-0.39, 0.29) is 13.0 Å². The van der Waals surface area contributed by atoms with Crippen LogP contribution in [0.5, 0.6) is 0 Å². The molecule has 0 fully saturated rings. The molecule has 0 bridgehead atoms. The van der Waals surface area contributed by atoms with Gasteiger partial charge in [0.2, 0.25) is 0 Å². The summed E-state index contributed by atoms with van der Waals surface area (Å²) < 4.78 is 1.41. The number of amides is 1. The smallest absolute Gasteiger partial charge is 0.335 e. The lowest BCUT2D eigenvalue weighted by Gasteiger charge is -2.21. The van der Waals surface area contributed by atoms with Crippen molar-refractivity contribution in [3.8, 4) is 0 Å². The lowest BCUT2D eigenvalue weighted by molar-refractivity contribution is -0.138. The first-order valence-electron chi connectivity index (χ1n) is 7.12. The highest BCUT2D eigenvalue weighted by atomic mass is 16.4. The Morgan fingerprint density at radius 1 is 1.30 bits per heavy atom. The van der Waals surface area contributed by atoms with E-state index in [1.165, 1.54) is 4.57 Å². The number of rotatable bonds is 5.